The van der Waals surface area contributed by atoms with Crippen LogP contribution in [0, 0.1) is 11.7 Å². The highest BCUT2D eigenvalue weighted by Gasteiger charge is 2.38. The Bertz CT molecular complexity index is 1200. The summed E-state index contributed by atoms with van der Waals surface area (Å²) >= 11 is 0. The number of aromatic amines is 1. The van der Waals surface area contributed by atoms with Crippen LogP contribution in [0.1, 0.15) is 34.7 Å². The van der Waals surface area contributed by atoms with Crippen LogP contribution >= 0.6 is 0 Å². The summed E-state index contributed by atoms with van der Waals surface area (Å²) in [7, 11) is 0. The summed E-state index contributed by atoms with van der Waals surface area (Å²) in [5, 5.41) is 0. The molecule has 3 aromatic rings. The molecule has 0 spiro atoms. The second kappa shape index (κ2) is 9.29. The maximum Gasteiger partial charge on any atom is 0.261 e. The summed E-state index contributed by atoms with van der Waals surface area (Å²) in [5.41, 5.74) is 8.53. The number of rotatable bonds is 4. The zero-order chi connectivity index (χ0) is 22.8. The van der Waals surface area contributed by atoms with Gasteiger partial charge in [-0.2, -0.15) is 0 Å². The maximum atomic E-state index is 14.4. The molecule has 0 saturated carbocycles. The van der Waals surface area contributed by atoms with Crippen molar-refractivity contribution in [1.82, 2.24) is 20.7 Å². The fourth-order valence-corrected chi connectivity index (χ4v) is 5.13. The molecule has 2 fully saturated rings. The molecule has 3 atom stereocenters. The van der Waals surface area contributed by atoms with Gasteiger partial charge in [0.2, 0.25) is 0 Å². The number of likely N-dealkylation sites (tertiary alicyclic amines) is 1. The van der Waals surface area contributed by atoms with Crippen LogP contribution in [0.25, 0.3) is 11.3 Å². The van der Waals surface area contributed by atoms with Gasteiger partial charge in [0.05, 0.1) is 0 Å². The Morgan fingerprint density at radius 2 is 1.79 bits per heavy atom. The van der Waals surface area contributed by atoms with Gasteiger partial charge in [-0.15, -0.1) is 0 Å². The highest BCUT2D eigenvalue weighted by atomic mass is 19.1. The van der Waals surface area contributed by atoms with Crippen LogP contribution in [-0.2, 0) is 0 Å². The number of halogens is 1. The van der Waals surface area contributed by atoms with Crippen molar-refractivity contribution in [2.24, 2.45) is 5.92 Å². The molecular formula is C26H27FN4O2. The van der Waals surface area contributed by atoms with E-state index in [-0.39, 0.29) is 40.7 Å². The van der Waals surface area contributed by atoms with E-state index < -0.39 is 0 Å². The van der Waals surface area contributed by atoms with E-state index in [1.807, 2.05) is 42.5 Å². The number of carbonyl (C=O) groups excluding carboxylic acids is 1. The van der Waals surface area contributed by atoms with Gasteiger partial charge in [0.1, 0.15) is 11.4 Å². The maximum absolute atomic E-state index is 14.4. The summed E-state index contributed by atoms with van der Waals surface area (Å²) in [6, 6.07) is 19.8. The number of carbonyl (C=O) groups is 1. The van der Waals surface area contributed by atoms with Crippen molar-refractivity contribution < 1.29 is 9.18 Å². The highest BCUT2D eigenvalue weighted by Crippen LogP contribution is 2.33. The number of nitrogens with one attached hydrogen (secondary N) is 3. The molecule has 2 aromatic carbocycles. The molecular weight excluding hydrogens is 419 g/mol. The summed E-state index contributed by atoms with van der Waals surface area (Å²) < 4.78 is 14.4. The number of hydrogen-bond donors (Lipinski definition) is 3. The van der Waals surface area contributed by atoms with E-state index in [1.165, 1.54) is 6.07 Å². The van der Waals surface area contributed by atoms with Gasteiger partial charge in [-0.1, -0.05) is 48.5 Å². The van der Waals surface area contributed by atoms with Gasteiger partial charge < -0.3 is 9.88 Å². The topological polar surface area (TPSA) is 77.2 Å². The van der Waals surface area contributed by atoms with Crippen molar-refractivity contribution in [2.45, 2.75) is 24.8 Å². The molecule has 1 aromatic heterocycles. The zero-order valence-corrected chi connectivity index (χ0v) is 18.3. The molecule has 0 bridgehead atoms. The molecule has 0 aliphatic carbocycles. The number of benzene rings is 2. The minimum atomic E-state index is -0.381. The molecule has 2 aliphatic heterocycles. The molecule has 2 aliphatic rings. The molecule has 7 heteroatoms. The SMILES string of the molecule is O=C(c1ccc(-c2ccccc2)[nH]c1=O)N1CCCC(C2NNCC2c2ccccc2F)C1. The first kappa shape index (κ1) is 21.6. The van der Waals surface area contributed by atoms with Gasteiger partial charge in [-0.3, -0.25) is 20.4 Å². The smallest absolute Gasteiger partial charge is 0.261 e. The third-order valence-electron chi connectivity index (χ3n) is 6.81. The lowest BCUT2D eigenvalue weighted by molar-refractivity contribution is 0.0642. The molecule has 2 saturated heterocycles. The average molecular weight is 447 g/mol. The van der Waals surface area contributed by atoms with Crippen molar-refractivity contribution in [1.29, 1.82) is 0 Å². The lowest BCUT2D eigenvalue weighted by Crippen LogP contribution is -2.49. The normalized spacial score (nSPS) is 22.9. The fourth-order valence-electron chi connectivity index (χ4n) is 5.13. The van der Waals surface area contributed by atoms with E-state index in [0.717, 1.165) is 18.4 Å². The van der Waals surface area contributed by atoms with Crippen LogP contribution in [0.4, 0.5) is 4.39 Å². The Kier molecular flexibility index (Phi) is 6.07. The number of pyridine rings is 1. The monoisotopic (exact) mass is 446 g/mol. The lowest BCUT2D eigenvalue weighted by Gasteiger charge is -2.37. The molecule has 170 valence electrons. The van der Waals surface area contributed by atoms with E-state index in [0.29, 0.717) is 30.9 Å². The van der Waals surface area contributed by atoms with E-state index >= 15 is 0 Å². The Balaban J connectivity index is 1.33. The first-order valence-electron chi connectivity index (χ1n) is 11.4. The van der Waals surface area contributed by atoms with Crippen molar-refractivity contribution in [3.63, 3.8) is 0 Å². The molecule has 0 radical (unpaired) electrons. The Morgan fingerprint density at radius 3 is 2.58 bits per heavy atom. The van der Waals surface area contributed by atoms with Gasteiger partial charge in [-0.25, -0.2) is 4.39 Å². The Labute approximate surface area is 191 Å². The summed E-state index contributed by atoms with van der Waals surface area (Å²) in [6.07, 6.45) is 1.79. The first-order chi connectivity index (χ1) is 16.1. The predicted molar refractivity (Wildman–Crippen MR) is 125 cm³/mol. The molecule has 5 rings (SSSR count). The predicted octanol–water partition coefficient (Wildman–Crippen LogP) is 3.29. The summed E-state index contributed by atoms with van der Waals surface area (Å²) in [4.78, 5) is 30.6. The molecule has 33 heavy (non-hydrogen) atoms. The van der Waals surface area contributed by atoms with E-state index in [1.54, 1.807) is 23.1 Å². The second-order valence-corrected chi connectivity index (χ2v) is 8.81. The lowest BCUT2D eigenvalue weighted by atomic mass is 9.81. The van der Waals surface area contributed by atoms with Crippen LogP contribution in [0.3, 0.4) is 0 Å². The standard InChI is InChI=1S/C26H27FN4O2/c27-22-11-5-4-10-19(22)21-15-28-30-24(21)18-9-6-14-31(16-18)26(33)20-12-13-23(29-25(20)32)17-7-2-1-3-8-17/h1-5,7-8,10-13,18,21,24,28,30H,6,9,14-16H2,(H,29,32). The molecule has 3 N–H and O–H groups in total. The third-order valence-corrected chi connectivity index (χ3v) is 6.81. The van der Waals surface area contributed by atoms with Gasteiger partial charge in [0.15, 0.2) is 0 Å². The minimum absolute atomic E-state index is 0.0104. The summed E-state index contributed by atoms with van der Waals surface area (Å²) in [5.74, 6) is -0.314. The van der Waals surface area contributed by atoms with Crippen LogP contribution in [-0.4, -0.2) is 41.5 Å². The summed E-state index contributed by atoms with van der Waals surface area (Å²) in [6.45, 7) is 1.78. The third kappa shape index (κ3) is 4.34. The van der Waals surface area contributed by atoms with Gasteiger partial charge in [-0.05, 0) is 48.1 Å². The number of hydrogen-bond acceptors (Lipinski definition) is 4. The Hall–Kier alpha value is -3.29. The zero-order valence-electron chi connectivity index (χ0n) is 18.3. The van der Waals surface area contributed by atoms with Crippen LogP contribution in [0.15, 0.2) is 71.5 Å². The van der Waals surface area contributed by atoms with E-state index in [9.17, 15) is 14.0 Å². The van der Waals surface area contributed by atoms with Crippen molar-refractivity contribution in [2.75, 3.05) is 19.6 Å². The minimum Gasteiger partial charge on any atom is -0.338 e. The van der Waals surface area contributed by atoms with Gasteiger partial charge in [0, 0.05) is 37.3 Å². The highest BCUT2D eigenvalue weighted by molar-refractivity contribution is 5.94. The van der Waals surface area contributed by atoms with E-state index in [4.69, 9.17) is 0 Å². The van der Waals surface area contributed by atoms with Gasteiger partial charge in [0.25, 0.3) is 11.5 Å². The number of amides is 1. The average Bonchev–Trinajstić information content (AvgIpc) is 3.34. The van der Waals surface area contributed by atoms with Crippen LogP contribution in [0.2, 0.25) is 0 Å². The number of aromatic nitrogens is 1. The second-order valence-electron chi connectivity index (χ2n) is 8.81. The molecule has 3 heterocycles. The Morgan fingerprint density at radius 1 is 1.00 bits per heavy atom. The largest absolute Gasteiger partial charge is 0.338 e. The first-order valence-corrected chi connectivity index (χ1v) is 11.4. The van der Waals surface area contributed by atoms with Crippen molar-refractivity contribution in [3.8, 4) is 11.3 Å². The van der Waals surface area contributed by atoms with Crippen molar-refractivity contribution >= 4 is 5.91 Å². The number of piperidine rings is 1. The molecule has 3 unspecified atom stereocenters. The quantitative estimate of drug-likeness (QED) is 0.575. The number of H-pyrrole nitrogens is 1. The van der Waals surface area contributed by atoms with Crippen molar-refractivity contribution in [3.05, 3.63) is 94.0 Å². The number of hydrazine groups is 1. The fraction of sp³-hybridized carbons (Fsp3) is 0.308. The molecule has 6 nitrogen and oxygen atoms in total. The molecule has 1 amide bonds. The van der Waals surface area contributed by atoms with Gasteiger partial charge >= 0.3 is 0 Å². The van der Waals surface area contributed by atoms with Crippen LogP contribution in [0.5, 0.6) is 0 Å². The van der Waals surface area contributed by atoms with Crippen LogP contribution < -0.4 is 16.4 Å². The number of nitrogens with zero attached hydrogens (tertiary/aromatic N) is 1. The van der Waals surface area contributed by atoms with E-state index in [2.05, 4.69) is 15.8 Å².